The fourth-order valence-electron chi connectivity index (χ4n) is 1.04. The van der Waals surface area contributed by atoms with E-state index in [-0.39, 0.29) is 5.91 Å². The van der Waals surface area contributed by atoms with Crippen molar-refractivity contribution in [2.45, 2.75) is 45.6 Å². The van der Waals surface area contributed by atoms with Gasteiger partial charge in [-0.25, -0.2) is 0 Å². The number of rotatable bonds is 7. The van der Waals surface area contributed by atoms with Crippen molar-refractivity contribution in [3.05, 3.63) is 0 Å². The Labute approximate surface area is 91.6 Å². The average molecular weight is 212 g/mol. The molecule has 0 saturated carbocycles. The van der Waals surface area contributed by atoms with Crippen molar-refractivity contribution < 1.29 is 9.53 Å². The fraction of sp³-hybridized carbons (Fsp3) is 0.818. The van der Waals surface area contributed by atoms with Crippen LogP contribution in [0.4, 0.5) is 0 Å². The molecule has 15 heavy (non-hydrogen) atoms. The van der Waals surface area contributed by atoms with Crippen molar-refractivity contribution in [2.75, 3.05) is 13.2 Å². The van der Waals surface area contributed by atoms with Crippen molar-refractivity contribution in [2.24, 2.45) is 0 Å². The van der Waals surface area contributed by atoms with Gasteiger partial charge < -0.3 is 10.1 Å². The Hall–Kier alpha value is -1.08. The van der Waals surface area contributed by atoms with Crippen molar-refractivity contribution in [3.8, 4) is 6.07 Å². The molecule has 0 aliphatic rings. The van der Waals surface area contributed by atoms with Crippen LogP contribution in [0.15, 0.2) is 0 Å². The van der Waals surface area contributed by atoms with Gasteiger partial charge in [0.25, 0.3) is 0 Å². The molecule has 0 aromatic heterocycles. The molecule has 0 radical (unpaired) electrons. The summed E-state index contributed by atoms with van der Waals surface area (Å²) < 4.78 is 5.12. The Bertz CT molecular complexity index is 235. The van der Waals surface area contributed by atoms with Crippen molar-refractivity contribution >= 4 is 5.91 Å². The Morgan fingerprint density at radius 2 is 2.20 bits per heavy atom. The lowest BCUT2D eigenvalue weighted by atomic mass is 10.0. The van der Waals surface area contributed by atoms with Gasteiger partial charge in [0.1, 0.15) is 5.54 Å². The summed E-state index contributed by atoms with van der Waals surface area (Å²) >= 11 is 0. The van der Waals surface area contributed by atoms with E-state index in [1.165, 1.54) is 0 Å². The van der Waals surface area contributed by atoms with Gasteiger partial charge in [0.2, 0.25) is 5.91 Å². The van der Waals surface area contributed by atoms with Crippen molar-refractivity contribution in [3.63, 3.8) is 0 Å². The molecule has 0 fully saturated rings. The van der Waals surface area contributed by atoms with Gasteiger partial charge in [0.15, 0.2) is 0 Å². The topological polar surface area (TPSA) is 62.1 Å². The molecule has 0 rings (SSSR count). The van der Waals surface area contributed by atoms with Crippen LogP contribution in [0.25, 0.3) is 0 Å². The third-order valence-electron chi connectivity index (χ3n) is 2.27. The summed E-state index contributed by atoms with van der Waals surface area (Å²) in [7, 11) is 0. The first-order valence-electron chi connectivity index (χ1n) is 5.38. The molecule has 1 atom stereocenters. The van der Waals surface area contributed by atoms with Gasteiger partial charge in [-0.3, -0.25) is 4.79 Å². The maximum atomic E-state index is 11.4. The average Bonchev–Trinajstić information content (AvgIpc) is 2.24. The molecule has 4 nitrogen and oxygen atoms in total. The van der Waals surface area contributed by atoms with Crippen LogP contribution in [0.3, 0.4) is 0 Å². The van der Waals surface area contributed by atoms with Gasteiger partial charge in [-0.15, -0.1) is 0 Å². The fourth-order valence-corrected chi connectivity index (χ4v) is 1.04. The molecular weight excluding hydrogens is 192 g/mol. The molecule has 1 unspecified atom stereocenters. The highest BCUT2D eigenvalue weighted by Crippen LogP contribution is 2.07. The minimum absolute atomic E-state index is 0.0828. The van der Waals surface area contributed by atoms with E-state index in [0.717, 1.165) is 0 Å². The lowest BCUT2D eigenvalue weighted by molar-refractivity contribution is -0.122. The summed E-state index contributed by atoms with van der Waals surface area (Å²) in [5.74, 6) is -0.0828. The third kappa shape index (κ3) is 6.08. The molecule has 1 amide bonds. The van der Waals surface area contributed by atoms with E-state index < -0.39 is 5.54 Å². The summed E-state index contributed by atoms with van der Waals surface area (Å²) in [4.78, 5) is 11.4. The number of nitrogens with one attached hydrogen (secondary N) is 1. The van der Waals surface area contributed by atoms with Gasteiger partial charge in [-0.2, -0.15) is 5.26 Å². The van der Waals surface area contributed by atoms with E-state index in [1.807, 2.05) is 13.8 Å². The minimum Gasteiger partial charge on any atom is -0.382 e. The summed E-state index contributed by atoms with van der Waals surface area (Å²) in [6, 6.07) is 2.10. The first kappa shape index (κ1) is 13.9. The molecule has 0 saturated heterocycles. The molecule has 4 heteroatoms. The van der Waals surface area contributed by atoms with Gasteiger partial charge in [0.05, 0.1) is 6.07 Å². The summed E-state index contributed by atoms with van der Waals surface area (Å²) in [5, 5.41) is 11.6. The van der Waals surface area contributed by atoms with E-state index >= 15 is 0 Å². The van der Waals surface area contributed by atoms with E-state index in [2.05, 4.69) is 11.4 Å². The maximum Gasteiger partial charge on any atom is 0.221 e. The Balaban J connectivity index is 3.79. The largest absolute Gasteiger partial charge is 0.382 e. The molecular formula is C11H20N2O2. The molecule has 0 heterocycles. The highest BCUT2D eigenvalue weighted by atomic mass is 16.5. The van der Waals surface area contributed by atoms with Crippen LogP contribution < -0.4 is 5.32 Å². The molecule has 86 valence electrons. The monoisotopic (exact) mass is 212 g/mol. The highest BCUT2D eigenvalue weighted by Gasteiger charge is 2.22. The first-order valence-corrected chi connectivity index (χ1v) is 5.38. The molecule has 0 aromatic carbocycles. The van der Waals surface area contributed by atoms with Gasteiger partial charge in [-0.05, 0) is 26.7 Å². The van der Waals surface area contributed by atoms with E-state index in [0.29, 0.717) is 32.5 Å². The predicted molar refractivity (Wildman–Crippen MR) is 58.2 cm³/mol. The zero-order valence-corrected chi connectivity index (χ0v) is 9.80. The standard InChI is InChI=1S/C11H20N2O2/c1-4-11(3,9-12)13-10(14)7-6-8-15-5-2/h4-8H2,1-3H3,(H,13,14). The van der Waals surface area contributed by atoms with Crippen LogP contribution in [0, 0.1) is 11.3 Å². The summed E-state index contributed by atoms with van der Waals surface area (Å²) in [5.41, 5.74) is -0.733. The molecule has 0 aromatic rings. The second-order valence-electron chi connectivity index (χ2n) is 3.65. The number of nitrogens with zero attached hydrogens (tertiary/aromatic N) is 1. The lowest BCUT2D eigenvalue weighted by Gasteiger charge is -2.21. The molecule has 0 aliphatic heterocycles. The maximum absolute atomic E-state index is 11.4. The SMILES string of the molecule is CCOCCCC(=O)NC(C)(C#N)CC. The molecule has 0 spiro atoms. The van der Waals surface area contributed by atoms with Crippen LogP contribution in [-0.2, 0) is 9.53 Å². The lowest BCUT2D eigenvalue weighted by Crippen LogP contribution is -2.44. The second-order valence-corrected chi connectivity index (χ2v) is 3.65. The van der Waals surface area contributed by atoms with Crippen molar-refractivity contribution in [1.29, 1.82) is 5.26 Å². The number of hydrogen-bond acceptors (Lipinski definition) is 3. The minimum atomic E-state index is -0.733. The number of amides is 1. The van der Waals surface area contributed by atoms with Crippen molar-refractivity contribution in [1.82, 2.24) is 5.32 Å². The Morgan fingerprint density at radius 1 is 1.53 bits per heavy atom. The normalized spacial score (nSPS) is 14.0. The number of hydrogen-bond donors (Lipinski definition) is 1. The van der Waals surface area contributed by atoms with E-state index in [4.69, 9.17) is 10.00 Å². The van der Waals surface area contributed by atoms with E-state index in [1.54, 1.807) is 6.92 Å². The Morgan fingerprint density at radius 3 is 2.67 bits per heavy atom. The molecule has 0 aliphatic carbocycles. The summed E-state index contributed by atoms with van der Waals surface area (Å²) in [6.07, 6.45) is 1.73. The predicted octanol–water partition coefficient (Wildman–Crippen LogP) is 1.61. The number of carbonyl (C=O) groups is 1. The number of ether oxygens (including phenoxy) is 1. The zero-order valence-electron chi connectivity index (χ0n) is 9.80. The van der Waals surface area contributed by atoms with Gasteiger partial charge >= 0.3 is 0 Å². The summed E-state index contributed by atoms with van der Waals surface area (Å²) in [6.45, 7) is 6.80. The number of nitriles is 1. The third-order valence-corrected chi connectivity index (χ3v) is 2.27. The van der Waals surface area contributed by atoms with Crippen LogP contribution in [0.1, 0.15) is 40.0 Å². The van der Waals surface area contributed by atoms with Crippen LogP contribution in [0.2, 0.25) is 0 Å². The van der Waals surface area contributed by atoms with Gasteiger partial charge in [-0.1, -0.05) is 6.92 Å². The Kier molecular flexibility index (Phi) is 6.72. The van der Waals surface area contributed by atoms with Crippen LogP contribution in [-0.4, -0.2) is 24.7 Å². The zero-order chi connectivity index (χ0) is 11.7. The van der Waals surface area contributed by atoms with Crippen LogP contribution >= 0.6 is 0 Å². The van der Waals surface area contributed by atoms with E-state index in [9.17, 15) is 4.79 Å². The quantitative estimate of drug-likeness (QED) is 0.652. The first-order chi connectivity index (χ1) is 7.08. The molecule has 1 N–H and O–H groups in total. The molecule has 0 bridgehead atoms. The highest BCUT2D eigenvalue weighted by molar-refractivity contribution is 5.77. The van der Waals surface area contributed by atoms with Crippen LogP contribution in [0.5, 0.6) is 0 Å². The second kappa shape index (κ2) is 7.24. The number of carbonyl (C=O) groups excluding carboxylic acids is 1. The smallest absolute Gasteiger partial charge is 0.221 e. The van der Waals surface area contributed by atoms with Gasteiger partial charge in [0, 0.05) is 19.6 Å².